The summed E-state index contributed by atoms with van der Waals surface area (Å²) in [5, 5.41) is 9.21. The second kappa shape index (κ2) is 5.21. The van der Waals surface area contributed by atoms with Crippen LogP contribution in [0.5, 0.6) is 0 Å². The molecule has 1 aliphatic heterocycles. The van der Waals surface area contributed by atoms with Gasteiger partial charge in [-0.3, -0.25) is 4.79 Å². The first-order valence-electron chi connectivity index (χ1n) is 6.01. The van der Waals surface area contributed by atoms with Crippen LogP contribution in [0.1, 0.15) is 28.8 Å². The molecule has 1 aromatic carbocycles. The van der Waals surface area contributed by atoms with Crippen molar-refractivity contribution in [1.29, 1.82) is 0 Å². The Morgan fingerprint density at radius 2 is 2.16 bits per heavy atom. The van der Waals surface area contributed by atoms with Crippen molar-refractivity contribution in [2.45, 2.75) is 25.1 Å². The maximum Gasteiger partial charge on any atom is 0.418 e. The Labute approximate surface area is 108 Å². The maximum atomic E-state index is 13.0. The molecule has 0 bridgehead atoms. The Morgan fingerprint density at radius 1 is 1.42 bits per heavy atom. The number of hydrogen-bond acceptors (Lipinski definition) is 3. The molecule has 0 spiro atoms. The first-order valence-corrected chi connectivity index (χ1v) is 6.01. The molecule has 19 heavy (non-hydrogen) atoms. The van der Waals surface area contributed by atoms with Crippen LogP contribution in [0, 0.1) is 0 Å². The van der Waals surface area contributed by atoms with E-state index in [4.69, 9.17) is 0 Å². The van der Waals surface area contributed by atoms with Gasteiger partial charge in [-0.15, -0.1) is 0 Å². The van der Waals surface area contributed by atoms with Crippen molar-refractivity contribution in [2.75, 3.05) is 18.1 Å². The fourth-order valence-electron chi connectivity index (χ4n) is 2.45. The molecule has 0 aromatic heterocycles. The van der Waals surface area contributed by atoms with Crippen molar-refractivity contribution >= 4 is 12.0 Å². The first kappa shape index (κ1) is 13.9. The summed E-state index contributed by atoms with van der Waals surface area (Å²) in [6.45, 7) is 0.307. The number of alkyl halides is 3. The molecular formula is C13H14F3NO2. The summed E-state index contributed by atoms with van der Waals surface area (Å²) in [5.41, 5.74) is -0.789. The highest BCUT2D eigenvalue weighted by Gasteiger charge is 2.37. The summed E-state index contributed by atoms with van der Waals surface area (Å²) in [6, 6.07) is 3.24. The highest BCUT2D eigenvalue weighted by molar-refractivity contribution is 5.77. The van der Waals surface area contributed by atoms with Crippen molar-refractivity contribution in [2.24, 2.45) is 0 Å². The number of nitrogens with zero attached hydrogens (tertiary/aromatic N) is 1. The molecule has 1 heterocycles. The summed E-state index contributed by atoms with van der Waals surface area (Å²) >= 11 is 0. The molecule has 0 saturated carbocycles. The number of carbonyl (C=O) groups excluding carboxylic acids is 1. The predicted molar refractivity (Wildman–Crippen MR) is 64.3 cm³/mol. The van der Waals surface area contributed by atoms with Crippen molar-refractivity contribution in [3.8, 4) is 0 Å². The van der Waals surface area contributed by atoms with Crippen LogP contribution >= 0.6 is 0 Å². The van der Waals surface area contributed by atoms with Crippen LogP contribution in [0.4, 0.5) is 18.9 Å². The molecule has 1 aromatic rings. The molecule has 1 saturated heterocycles. The predicted octanol–water partition coefficient (Wildman–Crippen LogP) is 2.48. The summed E-state index contributed by atoms with van der Waals surface area (Å²) in [5.74, 6) is 0. The molecule has 1 N–H and O–H groups in total. The minimum absolute atomic E-state index is 0.00387. The summed E-state index contributed by atoms with van der Waals surface area (Å²) in [4.78, 5) is 12.2. The molecule has 1 atom stereocenters. The molecule has 6 heteroatoms. The van der Waals surface area contributed by atoms with Gasteiger partial charge in [0.15, 0.2) is 0 Å². The fourth-order valence-corrected chi connectivity index (χ4v) is 2.45. The lowest BCUT2D eigenvalue weighted by Gasteiger charge is -2.28. The van der Waals surface area contributed by atoms with E-state index in [1.165, 1.54) is 12.1 Å². The lowest BCUT2D eigenvalue weighted by Crippen LogP contribution is -2.33. The monoisotopic (exact) mass is 273 g/mol. The summed E-state index contributed by atoms with van der Waals surface area (Å²) in [7, 11) is 0. The van der Waals surface area contributed by atoms with Crippen LogP contribution in [0.3, 0.4) is 0 Å². The van der Waals surface area contributed by atoms with Gasteiger partial charge in [0.05, 0.1) is 18.2 Å². The quantitative estimate of drug-likeness (QED) is 0.860. The largest absolute Gasteiger partial charge is 0.418 e. The van der Waals surface area contributed by atoms with Crippen molar-refractivity contribution in [3.05, 3.63) is 29.3 Å². The molecular weight excluding hydrogens is 259 g/mol. The van der Waals surface area contributed by atoms with Gasteiger partial charge in [-0.2, -0.15) is 13.2 Å². The van der Waals surface area contributed by atoms with E-state index in [9.17, 15) is 23.1 Å². The van der Waals surface area contributed by atoms with Crippen molar-refractivity contribution in [1.82, 2.24) is 0 Å². The van der Waals surface area contributed by atoms with E-state index >= 15 is 0 Å². The third-order valence-corrected chi connectivity index (χ3v) is 3.36. The van der Waals surface area contributed by atoms with Crippen LogP contribution in [0.15, 0.2) is 18.2 Å². The third kappa shape index (κ3) is 2.73. The second-order valence-corrected chi connectivity index (χ2v) is 4.56. The average Bonchev–Trinajstić information content (AvgIpc) is 2.85. The van der Waals surface area contributed by atoms with Gasteiger partial charge in [-0.1, -0.05) is 0 Å². The van der Waals surface area contributed by atoms with Gasteiger partial charge in [-0.05, 0) is 31.0 Å². The normalized spacial score (nSPS) is 19.8. The molecule has 0 radical (unpaired) electrons. The van der Waals surface area contributed by atoms with Gasteiger partial charge in [0.25, 0.3) is 0 Å². The fraction of sp³-hybridized carbons (Fsp3) is 0.462. The van der Waals surface area contributed by atoms with E-state index in [1.54, 1.807) is 4.90 Å². The highest BCUT2D eigenvalue weighted by atomic mass is 19.4. The van der Waals surface area contributed by atoms with Crippen LogP contribution in [0.25, 0.3) is 0 Å². The zero-order valence-corrected chi connectivity index (χ0v) is 10.2. The van der Waals surface area contributed by atoms with E-state index in [-0.39, 0.29) is 23.9 Å². The number of carbonyl (C=O) groups is 1. The topological polar surface area (TPSA) is 40.5 Å². The maximum absolute atomic E-state index is 13.0. The molecule has 0 aliphatic carbocycles. The van der Waals surface area contributed by atoms with Gasteiger partial charge in [-0.25, -0.2) is 0 Å². The number of rotatable bonds is 3. The number of aliphatic hydroxyl groups excluding tert-OH is 1. The minimum atomic E-state index is -4.52. The van der Waals surface area contributed by atoms with E-state index in [2.05, 4.69) is 0 Å². The minimum Gasteiger partial charge on any atom is -0.394 e. The zero-order valence-electron chi connectivity index (χ0n) is 10.2. The standard InChI is InChI=1S/C13H14F3NO2/c14-13(15,16)11-6-9(7-18)3-4-12(11)17-5-1-2-10(17)8-19/h3-4,6-7,10,19H,1-2,5,8H2. The lowest BCUT2D eigenvalue weighted by molar-refractivity contribution is -0.137. The smallest absolute Gasteiger partial charge is 0.394 e. The van der Waals surface area contributed by atoms with Crippen LogP contribution < -0.4 is 4.90 Å². The van der Waals surface area contributed by atoms with Gasteiger partial charge in [0.2, 0.25) is 0 Å². The van der Waals surface area contributed by atoms with Crippen LogP contribution in [0.2, 0.25) is 0 Å². The Balaban J connectivity index is 2.47. The van der Waals surface area contributed by atoms with Gasteiger partial charge < -0.3 is 10.0 Å². The molecule has 1 aliphatic rings. The lowest BCUT2D eigenvalue weighted by atomic mass is 10.1. The Morgan fingerprint density at radius 3 is 2.74 bits per heavy atom. The molecule has 2 rings (SSSR count). The Bertz CT molecular complexity index is 473. The number of benzene rings is 1. The molecule has 3 nitrogen and oxygen atoms in total. The first-order chi connectivity index (χ1) is 8.97. The SMILES string of the molecule is O=Cc1ccc(N2CCCC2CO)c(C(F)(F)F)c1. The zero-order chi connectivity index (χ0) is 14.0. The van der Waals surface area contributed by atoms with E-state index in [0.717, 1.165) is 12.5 Å². The molecule has 1 unspecified atom stereocenters. The van der Waals surface area contributed by atoms with Gasteiger partial charge >= 0.3 is 6.18 Å². The van der Waals surface area contributed by atoms with Crippen LogP contribution in [-0.4, -0.2) is 30.6 Å². The van der Waals surface area contributed by atoms with Crippen molar-refractivity contribution in [3.63, 3.8) is 0 Å². The number of hydrogen-bond donors (Lipinski definition) is 1. The number of aliphatic hydroxyl groups is 1. The molecule has 1 fully saturated rings. The van der Waals surface area contributed by atoms with E-state index in [0.29, 0.717) is 19.3 Å². The Hall–Kier alpha value is -1.56. The average molecular weight is 273 g/mol. The highest BCUT2D eigenvalue weighted by Crippen LogP contribution is 2.39. The van der Waals surface area contributed by atoms with E-state index < -0.39 is 11.7 Å². The van der Waals surface area contributed by atoms with Gasteiger partial charge in [0, 0.05) is 17.8 Å². The Kier molecular flexibility index (Phi) is 3.80. The molecule has 0 amide bonds. The molecule has 104 valence electrons. The summed E-state index contributed by atoms with van der Waals surface area (Å²) < 4.78 is 39.1. The number of halogens is 3. The van der Waals surface area contributed by atoms with E-state index in [1.807, 2.05) is 0 Å². The third-order valence-electron chi connectivity index (χ3n) is 3.36. The second-order valence-electron chi connectivity index (χ2n) is 4.56. The van der Waals surface area contributed by atoms with Crippen molar-refractivity contribution < 1.29 is 23.1 Å². The summed E-state index contributed by atoms with van der Waals surface area (Å²) in [6.07, 6.45) is -2.70. The number of anilines is 1. The number of aldehydes is 1. The van der Waals surface area contributed by atoms with Gasteiger partial charge in [0.1, 0.15) is 6.29 Å². The van der Waals surface area contributed by atoms with Crippen LogP contribution in [-0.2, 0) is 6.18 Å².